The van der Waals surface area contributed by atoms with E-state index >= 15 is 0 Å². The molecule has 0 atom stereocenters. The highest BCUT2D eigenvalue weighted by atomic mass is 16.2. The molecule has 0 N–H and O–H groups in total. The van der Waals surface area contributed by atoms with Crippen molar-refractivity contribution in [3.05, 3.63) is 65.9 Å². The first-order valence-electron chi connectivity index (χ1n) is 8.50. The molecule has 25 heavy (non-hydrogen) atoms. The molecular weight excluding hydrogens is 312 g/mol. The number of pyridine rings is 2. The van der Waals surface area contributed by atoms with Gasteiger partial charge in [-0.3, -0.25) is 14.8 Å². The fraction of sp³-hybridized carbons (Fsp3) is 0.250. The van der Waals surface area contributed by atoms with Crippen LogP contribution in [0.1, 0.15) is 34.6 Å². The lowest BCUT2D eigenvalue weighted by atomic mass is 10.0. The molecule has 0 radical (unpaired) electrons. The molecule has 124 valence electrons. The first-order valence-corrected chi connectivity index (χ1v) is 8.50. The maximum atomic E-state index is 12.9. The van der Waals surface area contributed by atoms with Crippen LogP contribution >= 0.6 is 0 Å². The minimum absolute atomic E-state index is 0.0674. The molecule has 0 unspecified atom stereocenters. The van der Waals surface area contributed by atoms with Gasteiger partial charge in [0, 0.05) is 42.5 Å². The number of aromatic nitrogens is 3. The lowest BCUT2D eigenvalue weighted by Crippen LogP contribution is -2.36. The number of carbonyl (C=O) groups is 1. The first-order chi connectivity index (χ1) is 12.1. The van der Waals surface area contributed by atoms with E-state index < -0.39 is 0 Å². The summed E-state index contributed by atoms with van der Waals surface area (Å²) in [5, 5.41) is 0. The van der Waals surface area contributed by atoms with Gasteiger partial charge in [-0.15, -0.1) is 0 Å². The van der Waals surface area contributed by atoms with Crippen molar-refractivity contribution in [3.63, 3.8) is 0 Å². The second-order valence-corrected chi connectivity index (χ2v) is 6.88. The van der Waals surface area contributed by atoms with Gasteiger partial charge in [0.15, 0.2) is 0 Å². The van der Waals surface area contributed by atoms with E-state index in [-0.39, 0.29) is 11.4 Å². The zero-order valence-corrected chi connectivity index (χ0v) is 14.2. The fourth-order valence-corrected chi connectivity index (χ4v) is 3.94. The van der Waals surface area contributed by atoms with E-state index in [0.29, 0.717) is 5.69 Å². The molecule has 2 aliphatic rings. The number of carbonyl (C=O) groups excluding carboxylic acids is 1. The van der Waals surface area contributed by atoms with Crippen molar-refractivity contribution in [1.82, 2.24) is 19.4 Å². The van der Waals surface area contributed by atoms with Crippen molar-refractivity contribution >= 4 is 5.91 Å². The number of rotatable bonds is 1. The topological polar surface area (TPSA) is 51.0 Å². The van der Waals surface area contributed by atoms with Crippen LogP contribution in [-0.4, -0.2) is 32.4 Å². The Labute approximate surface area is 146 Å². The van der Waals surface area contributed by atoms with Gasteiger partial charge in [-0.05, 0) is 50.1 Å². The minimum Gasteiger partial charge on any atom is -0.331 e. The molecule has 1 aliphatic carbocycles. The second-order valence-electron chi connectivity index (χ2n) is 6.88. The Kier molecular flexibility index (Phi) is 2.76. The van der Waals surface area contributed by atoms with Gasteiger partial charge in [-0.2, -0.15) is 0 Å². The monoisotopic (exact) mass is 330 g/mol. The lowest BCUT2D eigenvalue weighted by Gasteiger charge is -2.26. The summed E-state index contributed by atoms with van der Waals surface area (Å²) in [6.07, 6.45) is 7.67. The quantitative estimate of drug-likeness (QED) is 0.688. The lowest BCUT2D eigenvalue weighted by molar-refractivity contribution is 0.0705. The van der Waals surface area contributed by atoms with Crippen LogP contribution in [0.5, 0.6) is 0 Å². The van der Waals surface area contributed by atoms with Crippen molar-refractivity contribution in [2.75, 3.05) is 7.05 Å². The Balaban J connectivity index is 1.79. The maximum Gasteiger partial charge on any atom is 0.271 e. The van der Waals surface area contributed by atoms with Gasteiger partial charge in [-0.25, -0.2) is 0 Å². The Morgan fingerprint density at radius 2 is 2.00 bits per heavy atom. The van der Waals surface area contributed by atoms with E-state index in [4.69, 9.17) is 4.98 Å². The van der Waals surface area contributed by atoms with Crippen LogP contribution in [0.15, 0.2) is 48.9 Å². The summed E-state index contributed by atoms with van der Waals surface area (Å²) in [4.78, 5) is 23.9. The molecule has 1 fully saturated rings. The summed E-state index contributed by atoms with van der Waals surface area (Å²) in [7, 11) is 1.90. The number of fused-ring (bicyclic) bond motifs is 4. The van der Waals surface area contributed by atoms with Gasteiger partial charge < -0.3 is 9.47 Å². The molecule has 0 saturated heterocycles. The summed E-state index contributed by atoms with van der Waals surface area (Å²) in [6.45, 7) is 1.99. The summed E-state index contributed by atoms with van der Waals surface area (Å²) in [6, 6.07) is 9.87. The largest absolute Gasteiger partial charge is 0.331 e. The Bertz CT molecular complexity index is 1020. The first kappa shape index (κ1) is 14.4. The minimum atomic E-state index is -0.207. The highest BCUT2D eigenvalue weighted by Gasteiger charge is 2.53. The van der Waals surface area contributed by atoms with Gasteiger partial charge in [0.25, 0.3) is 5.91 Å². The molecule has 5 heteroatoms. The van der Waals surface area contributed by atoms with Crippen LogP contribution in [0, 0.1) is 6.92 Å². The van der Waals surface area contributed by atoms with Crippen molar-refractivity contribution in [2.45, 2.75) is 25.3 Å². The normalized spacial score (nSPS) is 17.2. The van der Waals surface area contributed by atoms with Crippen LogP contribution in [-0.2, 0) is 5.54 Å². The molecule has 5 nitrogen and oxygen atoms in total. The van der Waals surface area contributed by atoms with E-state index in [9.17, 15) is 4.79 Å². The van der Waals surface area contributed by atoms with Gasteiger partial charge in [0.2, 0.25) is 0 Å². The van der Waals surface area contributed by atoms with Gasteiger partial charge in [-0.1, -0.05) is 0 Å². The van der Waals surface area contributed by atoms with Crippen molar-refractivity contribution in [3.8, 4) is 16.9 Å². The number of amides is 1. The molecule has 1 amide bonds. The Hall–Kier alpha value is -2.95. The van der Waals surface area contributed by atoms with E-state index in [1.807, 2.05) is 60.1 Å². The molecule has 1 spiro atoms. The van der Waals surface area contributed by atoms with Gasteiger partial charge in [0.05, 0.1) is 16.9 Å². The third-order valence-corrected chi connectivity index (χ3v) is 5.56. The number of hydrogen-bond donors (Lipinski definition) is 0. The van der Waals surface area contributed by atoms with Crippen LogP contribution in [0.25, 0.3) is 16.9 Å². The maximum absolute atomic E-state index is 12.9. The van der Waals surface area contributed by atoms with Gasteiger partial charge >= 0.3 is 0 Å². The van der Waals surface area contributed by atoms with Crippen LogP contribution in [0.2, 0.25) is 0 Å². The highest BCUT2D eigenvalue weighted by Crippen LogP contribution is 2.54. The summed E-state index contributed by atoms with van der Waals surface area (Å²) in [5.41, 5.74) is 5.52. The molecule has 3 aromatic heterocycles. The van der Waals surface area contributed by atoms with Crippen molar-refractivity contribution in [2.24, 2.45) is 0 Å². The molecule has 4 heterocycles. The molecule has 0 bridgehead atoms. The highest BCUT2D eigenvalue weighted by molar-refractivity contribution is 5.95. The standard InChI is InChI=1S/C20H18N4O/c1-13-14(5-3-9-21-13)16-11-18-15(12-22-16)20(7-8-20)23(2)19(25)17-6-4-10-24(17)18/h3-6,9-12H,7-8H2,1-2H3. The van der Waals surface area contributed by atoms with E-state index in [0.717, 1.165) is 41.0 Å². The Morgan fingerprint density at radius 3 is 2.76 bits per heavy atom. The Morgan fingerprint density at radius 1 is 1.16 bits per heavy atom. The van der Waals surface area contributed by atoms with Crippen LogP contribution < -0.4 is 0 Å². The smallest absolute Gasteiger partial charge is 0.271 e. The molecule has 3 aromatic rings. The molecule has 5 rings (SSSR count). The summed E-state index contributed by atoms with van der Waals surface area (Å²) in [5.74, 6) is 0.0674. The van der Waals surface area contributed by atoms with E-state index in [1.54, 1.807) is 6.20 Å². The zero-order valence-electron chi connectivity index (χ0n) is 14.2. The third-order valence-electron chi connectivity index (χ3n) is 5.56. The average molecular weight is 330 g/mol. The number of nitrogens with zero attached hydrogens (tertiary/aromatic N) is 4. The molecular formula is C20H18N4O. The average Bonchev–Trinajstić information content (AvgIpc) is 3.30. The SMILES string of the molecule is Cc1ncccc1-c1cc2c(cn1)C1(CC1)N(C)C(=O)c1cccn1-2. The van der Waals surface area contributed by atoms with Gasteiger partial charge in [0.1, 0.15) is 5.69 Å². The van der Waals surface area contributed by atoms with Crippen molar-refractivity contribution < 1.29 is 4.79 Å². The van der Waals surface area contributed by atoms with E-state index in [2.05, 4.69) is 11.1 Å². The van der Waals surface area contributed by atoms with Crippen LogP contribution in [0.4, 0.5) is 0 Å². The molecule has 1 aliphatic heterocycles. The van der Waals surface area contributed by atoms with E-state index in [1.165, 1.54) is 0 Å². The number of hydrogen-bond acceptors (Lipinski definition) is 3. The van der Waals surface area contributed by atoms with Crippen LogP contribution in [0.3, 0.4) is 0 Å². The molecule has 0 aromatic carbocycles. The zero-order chi connectivity index (χ0) is 17.2. The fourth-order valence-electron chi connectivity index (χ4n) is 3.94. The number of aryl methyl sites for hydroxylation is 1. The predicted octanol–water partition coefficient (Wildman–Crippen LogP) is 3.32. The van der Waals surface area contributed by atoms with Crippen molar-refractivity contribution in [1.29, 1.82) is 0 Å². The second kappa shape index (κ2) is 4.79. The summed E-state index contributed by atoms with van der Waals surface area (Å²) >= 11 is 0. The predicted molar refractivity (Wildman–Crippen MR) is 94.5 cm³/mol. The third kappa shape index (κ3) is 1.86. The summed E-state index contributed by atoms with van der Waals surface area (Å²) < 4.78 is 2.00. The molecule has 1 saturated carbocycles.